The van der Waals surface area contributed by atoms with Crippen LogP contribution < -0.4 is 5.32 Å². The van der Waals surface area contributed by atoms with E-state index in [1.54, 1.807) is 6.20 Å². The number of nitrogens with one attached hydrogen (secondary N) is 1. The molecule has 0 bridgehead atoms. The summed E-state index contributed by atoms with van der Waals surface area (Å²) in [7, 11) is 0. The van der Waals surface area contributed by atoms with E-state index in [1.165, 1.54) is 0 Å². The lowest BCUT2D eigenvalue weighted by Crippen LogP contribution is -2.42. The molecular weight excluding hydrogens is 326 g/mol. The van der Waals surface area contributed by atoms with Gasteiger partial charge in [0.05, 0.1) is 11.5 Å². The van der Waals surface area contributed by atoms with E-state index in [1.807, 2.05) is 41.3 Å². The second kappa shape index (κ2) is 6.75. The molecule has 4 rings (SSSR count). The molecule has 2 aromatic rings. The molecule has 0 atom stereocenters. The van der Waals surface area contributed by atoms with Crippen molar-refractivity contribution in [3.8, 4) is 6.07 Å². The Balaban J connectivity index is 1.34. The van der Waals surface area contributed by atoms with Crippen LogP contribution in [0.2, 0.25) is 0 Å². The average molecular weight is 347 g/mol. The van der Waals surface area contributed by atoms with Crippen LogP contribution in [0.5, 0.6) is 0 Å². The number of amides is 1. The van der Waals surface area contributed by atoms with Crippen LogP contribution in [0.3, 0.4) is 0 Å². The predicted octanol–water partition coefficient (Wildman–Crippen LogP) is 2.75. The van der Waals surface area contributed by atoms with Gasteiger partial charge in [-0.05, 0) is 55.5 Å². The summed E-state index contributed by atoms with van der Waals surface area (Å²) in [4.78, 5) is 14.6. The highest BCUT2D eigenvalue weighted by molar-refractivity contribution is 5.94. The van der Waals surface area contributed by atoms with Crippen molar-refractivity contribution in [2.45, 2.75) is 37.1 Å². The van der Waals surface area contributed by atoms with Crippen LogP contribution in [-0.4, -0.2) is 40.1 Å². The zero-order valence-corrected chi connectivity index (χ0v) is 14.6. The Bertz CT molecular complexity index is 816. The maximum atomic E-state index is 12.7. The van der Waals surface area contributed by atoms with Crippen LogP contribution in [0.1, 0.15) is 41.6 Å². The van der Waals surface area contributed by atoms with E-state index in [0.29, 0.717) is 11.6 Å². The molecule has 2 fully saturated rings. The van der Waals surface area contributed by atoms with Gasteiger partial charge in [-0.15, -0.1) is 5.10 Å². The number of hydrogen-bond acceptors (Lipinski definition) is 5. The topological polar surface area (TPSA) is 81.9 Å². The van der Waals surface area contributed by atoms with E-state index in [4.69, 9.17) is 0 Å². The van der Waals surface area contributed by atoms with Crippen molar-refractivity contribution in [2.24, 2.45) is 0 Å². The Morgan fingerprint density at radius 2 is 1.92 bits per heavy atom. The molecule has 1 aromatic carbocycles. The fourth-order valence-corrected chi connectivity index (χ4v) is 3.52. The Hall–Kier alpha value is -2.94. The highest BCUT2D eigenvalue weighted by Gasteiger charge is 2.44. The maximum absolute atomic E-state index is 12.7. The number of anilines is 1. The minimum absolute atomic E-state index is 0.0660. The molecule has 2 aliphatic rings. The van der Waals surface area contributed by atoms with E-state index < -0.39 is 0 Å². The number of aromatic nitrogens is 2. The lowest BCUT2D eigenvalue weighted by atomic mass is 9.96. The predicted molar refractivity (Wildman–Crippen MR) is 97.5 cm³/mol. The number of carbonyl (C=O) groups excluding carboxylic acids is 1. The van der Waals surface area contributed by atoms with Crippen molar-refractivity contribution in [2.75, 3.05) is 18.4 Å². The van der Waals surface area contributed by atoms with Gasteiger partial charge in [0.1, 0.15) is 5.82 Å². The zero-order valence-electron chi connectivity index (χ0n) is 14.6. The number of benzene rings is 1. The molecule has 1 aliphatic heterocycles. The lowest BCUT2D eigenvalue weighted by Gasteiger charge is -2.32. The average Bonchev–Trinajstić information content (AvgIpc) is 3.50. The van der Waals surface area contributed by atoms with E-state index in [0.717, 1.165) is 50.2 Å². The SMILES string of the molecule is N#CC1(c2ccc(C(=O)N3CCC(Nc4cccnn4)CC3)cc2)CC1. The minimum atomic E-state index is -0.300. The maximum Gasteiger partial charge on any atom is 0.253 e. The molecule has 1 saturated carbocycles. The summed E-state index contributed by atoms with van der Waals surface area (Å²) < 4.78 is 0. The largest absolute Gasteiger partial charge is 0.366 e. The Morgan fingerprint density at radius 3 is 2.50 bits per heavy atom. The first-order chi connectivity index (χ1) is 12.7. The Kier molecular flexibility index (Phi) is 4.29. The number of carbonyl (C=O) groups is 1. The summed E-state index contributed by atoms with van der Waals surface area (Å²) in [6, 6.07) is 14.1. The molecule has 1 aliphatic carbocycles. The summed E-state index contributed by atoms with van der Waals surface area (Å²) in [5.74, 6) is 0.843. The second-order valence-corrected chi connectivity index (χ2v) is 7.09. The molecule has 1 saturated heterocycles. The second-order valence-electron chi connectivity index (χ2n) is 7.09. The highest BCUT2D eigenvalue weighted by Crippen LogP contribution is 2.47. The third kappa shape index (κ3) is 3.25. The van der Waals surface area contributed by atoms with Crippen molar-refractivity contribution in [3.05, 3.63) is 53.7 Å². The molecule has 6 nitrogen and oxygen atoms in total. The van der Waals surface area contributed by atoms with Gasteiger partial charge in [0.15, 0.2) is 0 Å². The number of nitriles is 1. The molecule has 26 heavy (non-hydrogen) atoms. The van der Waals surface area contributed by atoms with Crippen molar-refractivity contribution < 1.29 is 4.79 Å². The highest BCUT2D eigenvalue weighted by atomic mass is 16.2. The van der Waals surface area contributed by atoms with Crippen LogP contribution in [0.25, 0.3) is 0 Å². The summed E-state index contributed by atoms with van der Waals surface area (Å²) in [6.45, 7) is 1.45. The van der Waals surface area contributed by atoms with Gasteiger partial charge in [-0.2, -0.15) is 10.4 Å². The Labute approximate surface area is 152 Å². The van der Waals surface area contributed by atoms with Crippen molar-refractivity contribution >= 4 is 11.7 Å². The molecule has 0 unspecified atom stereocenters. The van der Waals surface area contributed by atoms with Crippen LogP contribution in [0, 0.1) is 11.3 Å². The van der Waals surface area contributed by atoms with E-state index >= 15 is 0 Å². The molecule has 2 heterocycles. The van der Waals surface area contributed by atoms with Crippen LogP contribution >= 0.6 is 0 Å². The van der Waals surface area contributed by atoms with E-state index in [9.17, 15) is 10.1 Å². The van der Waals surface area contributed by atoms with Gasteiger partial charge in [-0.3, -0.25) is 4.79 Å². The van der Waals surface area contributed by atoms with Crippen molar-refractivity contribution in [3.63, 3.8) is 0 Å². The summed E-state index contributed by atoms with van der Waals surface area (Å²) >= 11 is 0. The molecule has 1 aromatic heterocycles. The zero-order chi connectivity index (χ0) is 18.0. The van der Waals surface area contributed by atoms with Crippen LogP contribution in [-0.2, 0) is 5.41 Å². The third-order valence-electron chi connectivity index (χ3n) is 5.35. The third-order valence-corrected chi connectivity index (χ3v) is 5.35. The van der Waals surface area contributed by atoms with Gasteiger partial charge >= 0.3 is 0 Å². The van der Waals surface area contributed by atoms with Gasteiger partial charge in [0.2, 0.25) is 0 Å². The lowest BCUT2D eigenvalue weighted by molar-refractivity contribution is 0.0718. The molecular formula is C20H21N5O. The number of piperidine rings is 1. The normalized spacial score (nSPS) is 18.8. The van der Waals surface area contributed by atoms with Gasteiger partial charge in [-0.1, -0.05) is 12.1 Å². The first-order valence-electron chi connectivity index (χ1n) is 9.05. The van der Waals surface area contributed by atoms with E-state index in [2.05, 4.69) is 21.6 Å². The van der Waals surface area contributed by atoms with Crippen LogP contribution in [0.4, 0.5) is 5.82 Å². The number of likely N-dealkylation sites (tertiary alicyclic amines) is 1. The van der Waals surface area contributed by atoms with Gasteiger partial charge in [-0.25, -0.2) is 0 Å². The first-order valence-corrected chi connectivity index (χ1v) is 9.05. The summed E-state index contributed by atoms with van der Waals surface area (Å²) in [5, 5.41) is 20.6. The fourth-order valence-electron chi connectivity index (χ4n) is 3.52. The monoisotopic (exact) mass is 347 g/mol. The smallest absolute Gasteiger partial charge is 0.253 e. The van der Waals surface area contributed by atoms with Gasteiger partial charge < -0.3 is 10.2 Å². The first kappa shape index (κ1) is 16.5. The molecule has 1 N–H and O–H groups in total. The number of hydrogen-bond donors (Lipinski definition) is 1. The molecule has 6 heteroatoms. The minimum Gasteiger partial charge on any atom is -0.366 e. The number of nitrogens with zero attached hydrogens (tertiary/aromatic N) is 4. The molecule has 1 amide bonds. The molecule has 132 valence electrons. The Morgan fingerprint density at radius 1 is 1.19 bits per heavy atom. The van der Waals surface area contributed by atoms with Gasteiger partial charge in [0.25, 0.3) is 5.91 Å². The molecule has 0 spiro atoms. The standard InChI is InChI=1S/C20H21N5O/c21-14-20(9-10-20)16-5-3-15(4-6-16)19(26)25-12-7-17(8-13-25)23-18-2-1-11-22-24-18/h1-6,11,17H,7-10,12-13H2,(H,23,24). The summed E-state index contributed by atoms with van der Waals surface area (Å²) in [6.07, 6.45) is 5.27. The van der Waals surface area contributed by atoms with Crippen molar-refractivity contribution in [1.82, 2.24) is 15.1 Å². The van der Waals surface area contributed by atoms with Gasteiger partial charge in [0, 0.05) is 30.9 Å². The summed E-state index contributed by atoms with van der Waals surface area (Å²) in [5.41, 5.74) is 1.43. The fraction of sp³-hybridized carbons (Fsp3) is 0.400. The quantitative estimate of drug-likeness (QED) is 0.919. The molecule has 0 radical (unpaired) electrons. The number of rotatable bonds is 4. The van der Waals surface area contributed by atoms with E-state index in [-0.39, 0.29) is 11.3 Å². The van der Waals surface area contributed by atoms with Crippen LogP contribution in [0.15, 0.2) is 42.6 Å². The van der Waals surface area contributed by atoms with Crippen molar-refractivity contribution in [1.29, 1.82) is 5.26 Å².